The summed E-state index contributed by atoms with van der Waals surface area (Å²) < 4.78 is 7.48. The highest BCUT2D eigenvalue weighted by atomic mass is 32.2. The molecule has 2 aliphatic rings. The Bertz CT molecular complexity index is 1050. The van der Waals surface area contributed by atoms with Crippen molar-refractivity contribution >= 4 is 17.4 Å². The van der Waals surface area contributed by atoms with Gasteiger partial charge >= 0.3 is 0 Å². The highest BCUT2D eigenvalue weighted by molar-refractivity contribution is 7.99. The number of benzene rings is 1. The molecule has 2 fully saturated rings. The minimum atomic E-state index is 0.686. The third-order valence-corrected chi connectivity index (χ3v) is 8.09. The molecule has 0 spiro atoms. The van der Waals surface area contributed by atoms with Crippen molar-refractivity contribution in [2.45, 2.75) is 44.3 Å². The number of fused-ring (bicyclic) bond motifs is 1. The van der Waals surface area contributed by atoms with Crippen molar-refractivity contribution in [3.05, 3.63) is 41.9 Å². The van der Waals surface area contributed by atoms with E-state index in [4.69, 9.17) is 4.42 Å². The molecule has 0 radical (unpaired) electrons. The van der Waals surface area contributed by atoms with Gasteiger partial charge in [-0.25, -0.2) is 4.98 Å². The molecule has 2 unspecified atom stereocenters. The van der Waals surface area contributed by atoms with E-state index < -0.39 is 0 Å². The van der Waals surface area contributed by atoms with Crippen molar-refractivity contribution in [1.82, 2.24) is 24.6 Å². The Morgan fingerprint density at radius 1 is 1.09 bits per heavy atom. The van der Waals surface area contributed by atoms with Gasteiger partial charge in [-0.15, -0.1) is 10.2 Å². The van der Waals surface area contributed by atoms with Crippen molar-refractivity contribution in [2.24, 2.45) is 13.0 Å². The monoisotopic (exact) mass is 452 g/mol. The van der Waals surface area contributed by atoms with Crippen LogP contribution in [0.3, 0.4) is 0 Å². The third kappa shape index (κ3) is 4.30. The van der Waals surface area contributed by atoms with E-state index in [0.717, 1.165) is 47.9 Å². The fraction of sp³-hybridized carbons (Fsp3) is 0.542. The summed E-state index contributed by atoms with van der Waals surface area (Å²) in [5.74, 6) is 3.33. The summed E-state index contributed by atoms with van der Waals surface area (Å²) >= 11 is 1.77. The molecule has 0 aliphatic carbocycles. The quantitative estimate of drug-likeness (QED) is 0.394. The molecule has 2 aromatic heterocycles. The van der Waals surface area contributed by atoms with E-state index in [-0.39, 0.29) is 0 Å². The SMILES string of the molecule is Cc1ccc(N2CCC3CCN(CCCSc4nnc(-c5ocnc5C)n4C)C3C2)cc1. The molecule has 2 aliphatic heterocycles. The zero-order valence-electron chi connectivity index (χ0n) is 19.2. The van der Waals surface area contributed by atoms with Gasteiger partial charge in [0.05, 0.1) is 5.69 Å². The summed E-state index contributed by atoms with van der Waals surface area (Å²) in [6, 6.07) is 9.70. The molecule has 7 nitrogen and oxygen atoms in total. The van der Waals surface area contributed by atoms with Crippen LogP contribution in [0.1, 0.15) is 30.5 Å². The van der Waals surface area contributed by atoms with Crippen LogP contribution in [0.4, 0.5) is 5.69 Å². The number of oxazole rings is 1. The fourth-order valence-corrected chi connectivity index (χ4v) is 5.92. The minimum Gasteiger partial charge on any atom is -0.440 e. The van der Waals surface area contributed by atoms with Crippen molar-refractivity contribution in [3.63, 3.8) is 0 Å². The number of piperidine rings is 1. The van der Waals surface area contributed by atoms with Crippen LogP contribution in [0.5, 0.6) is 0 Å². The van der Waals surface area contributed by atoms with Crippen LogP contribution in [0, 0.1) is 19.8 Å². The van der Waals surface area contributed by atoms with Gasteiger partial charge in [0.25, 0.3) is 0 Å². The predicted octanol–water partition coefficient (Wildman–Crippen LogP) is 4.17. The van der Waals surface area contributed by atoms with Gasteiger partial charge in [0.1, 0.15) is 0 Å². The molecule has 2 saturated heterocycles. The first-order chi connectivity index (χ1) is 15.6. The van der Waals surface area contributed by atoms with Gasteiger partial charge < -0.3 is 13.9 Å². The second-order valence-corrected chi connectivity index (χ2v) is 10.1. The first-order valence-corrected chi connectivity index (χ1v) is 12.6. The van der Waals surface area contributed by atoms with E-state index in [9.17, 15) is 0 Å². The molecule has 1 aromatic carbocycles. The lowest BCUT2D eigenvalue weighted by atomic mass is 9.92. The topological polar surface area (TPSA) is 63.2 Å². The molecule has 0 saturated carbocycles. The smallest absolute Gasteiger partial charge is 0.202 e. The first kappa shape index (κ1) is 21.5. The van der Waals surface area contributed by atoms with E-state index in [1.165, 1.54) is 43.6 Å². The Kier molecular flexibility index (Phi) is 6.24. The molecule has 170 valence electrons. The van der Waals surface area contributed by atoms with Crippen LogP contribution in [0.2, 0.25) is 0 Å². The number of hydrogen-bond donors (Lipinski definition) is 0. The Hall–Kier alpha value is -2.32. The number of aromatic nitrogens is 4. The highest BCUT2D eigenvalue weighted by Gasteiger charge is 2.37. The summed E-state index contributed by atoms with van der Waals surface area (Å²) in [6.07, 6.45) is 5.28. The Labute approximate surface area is 194 Å². The minimum absolute atomic E-state index is 0.686. The average molecular weight is 453 g/mol. The van der Waals surface area contributed by atoms with Gasteiger partial charge in [-0.2, -0.15) is 0 Å². The maximum atomic E-state index is 5.48. The summed E-state index contributed by atoms with van der Waals surface area (Å²) in [4.78, 5) is 9.47. The fourth-order valence-electron chi connectivity index (χ4n) is 5.08. The van der Waals surface area contributed by atoms with E-state index in [2.05, 4.69) is 56.2 Å². The molecular formula is C24H32N6OS. The normalized spacial score (nSPS) is 21.3. The zero-order valence-corrected chi connectivity index (χ0v) is 20.0. The molecule has 5 rings (SSSR count). The average Bonchev–Trinajstić information content (AvgIpc) is 3.50. The number of likely N-dealkylation sites (tertiary alicyclic amines) is 1. The number of anilines is 1. The van der Waals surface area contributed by atoms with Gasteiger partial charge in [0.2, 0.25) is 5.82 Å². The molecule has 0 amide bonds. The maximum absolute atomic E-state index is 5.48. The van der Waals surface area contributed by atoms with Gasteiger partial charge in [-0.3, -0.25) is 4.90 Å². The van der Waals surface area contributed by atoms with Crippen LogP contribution in [-0.4, -0.2) is 62.6 Å². The van der Waals surface area contributed by atoms with Crippen LogP contribution in [0.25, 0.3) is 11.6 Å². The second-order valence-electron chi connectivity index (χ2n) is 9.06. The third-order valence-electron chi connectivity index (χ3n) is 6.98. The Balaban J connectivity index is 1.14. The van der Waals surface area contributed by atoms with Crippen molar-refractivity contribution < 1.29 is 4.42 Å². The van der Waals surface area contributed by atoms with Gasteiger partial charge in [-0.1, -0.05) is 29.5 Å². The second kappa shape index (κ2) is 9.27. The Morgan fingerprint density at radius 3 is 2.69 bits per heavy atom. The number of hydrogen-bond acceptors (Lipinski definition) is 7. The number of aryl methyl sites for hydroxylation is 2. The lowest BCUT2D eigenvalue weighted by molar-refractivity contribution is 0.209. The van der Waals surface area contributed by atoms with E-state index >= 15 is 0 Å². The first-order valence-electron chi connectivity index (χ1n) is 11.6. The standard InChI is InChI=1S/C24H32N6OS/c1-17-5-7-20(8-6-17)30-13-10-19-9-12-29(21(19)15-30)11-4-14-32-24-27-26-23(28(24)3)22-18(2)25-16-31-22/h5-8,16,19,21H,4,9-15H2,1-3H3. The van der Waals surface area contributed by atoms with Gasteiger partial charge in [-0.05, 0) is 64.3 Å². The van der Waals surface area contributed by atoms with Crippen LogP contribution in [-0.2, 0) is 7.05 Å². The predicted molar refractivity (Wildman–Crippen MR) is 128 cm³/mol. The molecule has 0 bridgehead atoms. The van der Waals surface area contributed by atoms with Crippen LogP contribution >= 0.6 is 11.8 Å². The number of nitrogens with zero attached hydrogens (tertiary/aromatic N) is 6. The van der Waals surface area contributed by atoms with Gasteiger partial charge in [0.15, 0.2) is 17.3 Å². The lowest BCUT2D eigenvalue weighted by Crippen LogP contribution is -2.48. The maximum Gasteiger partial charge on any atom is 0.202 e. The van der Waals surface area contributed by atoms with Crippen molar-refractivity contribution in [3.8, 4) is 11.6 Å². The zero-order chi connectivity index (χ0) is 22.1. The van der Waals surface area contributed by atoms with E-state index in [1.54, 1.807) is 11.8 Å². The largest absolute Gasteiger partial charge is 0.440 e. The van der Waals surface area contributed by atoms with Crippen LogP contribution in [0.15, 0.2) is 40.2 Å². The molecule has 32 heavy (non-hydrogen) atoms. The van der Waals surface area contributed by atoms with Crippen molar-refractivity contribution in [1.29, 1.82) is 0 Å². The van der Waals surface area contributed by atoms with Crippen LogP contribution < -0.4 is 4.90 Å². The molecule has 0 N–H and O–H groups in total. The number of rotatable bonds is 7. The summed E-state index contributed by atoms with van der Waals surface area (Å²) in [5.41, 5.74) is 3.54. The summed E-state index contributed by atoms with van der Waals surface area (Å²) in [7, 11) is 1.99. The van der Waals surface area contributed by atoms with E-state index in [1.807, 2.05) is 18.5 Å². The van der Waals surface area contributed by atoms with Crippen molar-refractivity contribution in [2.75, 3.05) is 36.8 Å². The molecule has 8 heteroatoms. The highest BCUT2D eigenvalue weighted by Crippen LogP contribution is 2.34. The summed E-state index contributed by atoms with van der Waals surface area (Å²) in [6.45, 7) is 8.82. The van der Waals surface area contributed by atoms with Gasteiger partial charge in [0, 0.05) is 37.6 Å². The molecular weight excluding hydrogens is 420 g/mol. The van der Waals surface area contributed by atoms with E-state index in [0.29, 0.717) is 11.8 Å². The molecule has 2 atom stereocenters. The number of thioether (sulfide) groups is 1. The molecule has 4 heterocycles. The Morgan fingerprint density at radius 2 is 1.91 bits per heavy atom. The summed E-state index contributed by atoms with van der Waals surface area (Å²) in [5, 5.41) is 9.61. The molecule has 3 aromatic rings. The lowest BCUT2D eigenvalue weighted by Gasteiger charge is -2.40.